The van der Waals surface area contributed by atoms with Crippen LogP contribution in [0.2, 0.25) is 0 Å². The van der Waals surface area contributed by atoms with Crippen molar-refractivity contribution < 1.29 is 9.47 Å². The summed E-state index contributed by atoms with van der Waals surface area (Å²) < 4.78 is 12.3. The van der Waals surface area contributed by atoms with Crippen molar-refractivity contribution in [2.75, 3.05) is 0 Å². The maximum absolute atomic E-state index is 6.14. The van der Waals surface area contributed by atoms with E-state index in [1.165, 1.54) is 47.9 Å². The van der Waals surface area contributed by atoms with Gasteiger partial charge in [-0.15, -0.1) is 0 Å². The minimum absolute atomic E-state index is 0.437. The Labute approximate surface area is 179 Å². The van der Waals surface area contributed by atoms with E-state index in [9.17, 15) is 0 Å². The predicted molar refractivity (Wildman–Crippen MR) is 121 cm³/mol. The Morgan fingerprint density at radius 1 is 0.600 bits per heavy atom. The van der Waals surface area contributed by atoms with Gasteiger partial charge in [0.25, 0.3) is 0 Å². The average Bonchev–Trinajstić information content (AvgIpc) is 3.72. The Morgan fingerprint density at radius 2 is 1.00 bits per heavy atom. The van der Waals surface area contributed by atoms with Crippen LogP contribution in [0.5, 0.6) is 0 Å². The van der Waals surface area contributed by atoms with Gasteiger partial charge in [-0.25, -0.2) is 0 Å². The molecule has 2 saturated carbocycles. The van der Waals surface area contributed by atoms with Crippen molar-refractivity contribution in [2.24, 2.45) is 11.8 Å². The molecule has 4 aliphatic rings. The molecule has 2 aromatic rings. The molecule has 2 aromatic carbocycles. The first-order valence-corrected chi connectivity index (χ1v) is 11.5. The predicted octanol–water partition coefficient (Wildman–Crippen LogP) is 6.19. The van der Waals surface area contributed by atoms with Crippen LogP contribution >= 0.6 is 0 Å². The molecule has 0 spiro atoms. The molecule has 2 nitrogen and oxygen atoms in total. The highest BCUT2D eigenvalue weighted by Crippen LogP contribution is 2.56. The molecule has 0 N–H and O–H groups in total. The fraction of sp³-hybridized carbons (Fsp3) is 0.429. The third-order valence-corrected chi connectivity index (χ3v) is 8.09. The SMILES string of the molecule is C=Cc1ccc(C2CC(C3CC4OC4C(c4ccc(C=C)cc4)C3)CC3OC32)cc1. The number of rotatable bonds is 5. The molecule has 0 aromatic heterocycles. The first-order chi connectivity index (χ1) is 14.7. The van der Waals surface area contributed by atoms with Gasteiger partial charge in [0.15, 0.2) is 0 Å². The maximum Gasteiger partial charge on any atom is 0.0910 e. The summed E-state index contributed by atoms with van der Waals surface area (Å²) in [5.41, 5.74) is 5.25. The van der Waals surface area contributed by atoms with Crippen molar-refractivity contribution in [1.82, 2.24) is 0 Å². The number of fused-ring (bicyclic) bond motifs is 2. The van der Waals surface area contributed by atoms with E-state index in [2.05, 4.69) is 61.7 Å². The molecule has 0 radical (unpaired) electrons. The van der Waals surface area contributed by atoms with Gasteiger partial charge in [0.2, 0.25) is 0 Å². The molecule has 4 fully saturated rings. The average molecular weight is 399 g/mol. The molecule has 8 atom stereocenters. The van der Waals surface area contributed by atoms with Crippen molar-refractivity contribution >= 4 is 12.2 Å². The number of benzene rings is 2. The summed E-state index contributed by atoms with van der Waals surface area (Å²) in [4.78, 5) is 0. The molecule has 2 aliphatic heterocycles. The normalized spacial score (nSPS) is 38.8. The van der Waals surface area contributed by atoms with Crippen LogP contribution in [0.1, 0.15) is 59.8 Å². The molecule has 30 heavy (non-hydrogen) atoms. The summed E-state index contributed by atoms with van der Waals surface area (Å²) in [6.07, 6.45) is 10.6. The van der Waals surface area contributed by atoms with E-state index in [-0.39, 0.29) is 0 Å². The third-order valence-electron chi connectivity index (χ3n) is 8.09. The molecule has 2 heteroatoms. The lowest BCUT2D eigenvalue weighted by atomic mass is 9.66. The van der Waals surface area contributed by atoms with Crippen LogP contribution in [-0.4, -0.2) is 24.4 Å². The third kappa shape index (κ3) is 3.27. The Balaban J connectivity index is 1.20. The van der Waals surface area contributed by atoms with Crippen LogP contribution in [0.25, 0.3) is 12.2 Å². The summed E-state index contributed by atoms with van der Waals surface area (Å²) in [5, 5.41) is 0. The number of hydrogen-bond donors (Lipinski definition) is 0. The van der Waals surface area contributed by atoms with Gasteiger partial charge in [-0.2, -0.15) is 0 Å². The lowest BCUT2D eigenvalue weighted by molar-refractivity contribution is 0.197. The molecule has 6 rings (SSSR count). The Morgan fingerprint density at radius 3 is 1.37 bits per heavy atom. The van der Waals surface area contributed by atoms with Crippen LogP contribution < -0.4 is 0 Å². The highest BCUT2D eigenvalue weighted by atomic mass is 16.6. The molecule has 154 valence electrons. The Bertz CT molecular complexity index is 864. The molecule has 0 amide bonds. The maximum atomic E-state index is 6.14. The summed E-state index contributed by atoms with van der Waals surface area (Å²) in [5.74, 6) is 2.54. The van der Waals surface area contributed by atoms with E-state index >= 15 is 0 Å². The molecule has 2 heterocycles. The van der Waals surface area contributed by atoms with Crippen molar-refractivity contribution in [2.45, 2.75) is 61.9 Å². The van der Waals surface area contributed by atoms with Crippen LogP contribution in [0.4, 0.5) is 0 Å². The molecule has 2 aliphatic carbocycles. The van der Waals surface area contributed by atoms with Gasteiger partial charge in [-0.1, -0.05) is 73.8 Å². The topological polar surface area (TPSA) is 25.1 Å². The smallest absolute Gasteiger partial charge is 0.0910 e. The Kier molecular flexibility index (Phi) is 4.47. The van der Waals surface area contributed by atoms with Gasteiger partial charge < -0.3 is 9.47 Å². The molecule has 8 unspecified atom stereocenters. The van der Waals surface area contributed by atoms with E-state index in [0.29, 0.717) is 36.3 Å². The molecular formula is C28H30O2. The monoisotopic (exact) mass is 398 g/mol. The van der Waals surface area contributed by atoms with Crippen molar-refractivity contribution in [3.8, 4) is 0 Å². The fourth-order valence-electron chi connectivity index (χ4n) is 6.29. The lowest BCUT2D eigenvalue weighted by Gasteiger charge is -2.36. The van der Waals surface area contributed by atoms with Gasteiger partial charge in [0.1, 0.15) is 0 Å². The van der Waals surface area contributed by atoms with Crippen LogP contribution in [0.15, 0.2) is 61.7 Å². The zero-order chi connectivity index (χ0) is 20.2. The fourth-order valence-corrected chi connectivity index (χ4v) is 6.29. The van der Waals surface area contributed by atoms with E-state index in [1.807, 2.05) is 12.2 Å². The van der Waals surface area contributed by atoms with Crippen LogP contribution in [0, 0.1) is 11.8 Å². The van der Waals surface area contributed by atoms with E-state index in [0.717, 1.165) is 11.8 Å². The van der Waals surface area contributed by atoms with Crippen molar-refractivity contribution in [1.29, 1.82) is 0 Å². The summed E-state index contributed by atoms with van der Waals surface area (Å²) in [7, 11) is 0. The summed E-state index contributed by atoms with van der Waals surface area (Å²) >= 11 is 0. The second-order valence-corrected chi connectivity index (χ2v) is 9.70. The minimum atomic E-state index is 0.437. The first kappa shape index (κ1) is 18.6. The van der Waals surface area contributed by atoms with E-state index < -0.39 is 0 Å². The number of ether oxygens (including phenoxy) is 2. The van der Waals surface area contributed by atoms with Gasteiger partial charge in [-0.3, -0.25) is 0 Å². The quantitative estimate of drug-likeness (QED) is 0.561. The van der Waals surface area contributed by atoms with E-state index in [4.69, 9.17) is 9.47 Å². The standard InChI is InChI=1S/C28H30O2/c1-3-17-5-9-19(10-6-17)23-13-21(15-25-27(23)29-25)22-14-24(28-26(16-22)30-28)20-11-7-18(4-2)8-12-20/h3-12,21-28H,1-2,13-16H2. The first-order valence-electron chi connectivity index (χ1n) is 11.5. The van der Waals surface area contributed by atoms with Gasteiger partial charge in [-0.05, 0) is 59.8 Å². The molecule has 2 saturated heterocycles. The largest absolute Gasteiger partial charge is 0.369 e. The zero-order valence-electron chi connectivity index (χ0n) is 17.5. The molecule has 0 bridgehead atoms. The minimum Gasteiger partial charge on any atom is -0.369 e. The van der Waals surface area contributed by atoms with Gasteiger partial charge >= 0.3 is 0 Å². The zero-order valence-corrected chi connectivity index (χ0v) is 17.5. The summed E-state index contributed by atoms with van der Waals surface area (Å²) in [6, 6.07) is 17.9. The highest BCUT2D eigenvalue weighted by molar-refractivity contribution is 5.48. The second-order valence-electron chi connectivity index (χ2n) is 9.70. The van der Waals surface area contributed by atoms with Crippen molar-refractivity contribution in [3.05, 3.63) is 83.9 Å². The van der Waals surface area contributed by atoms with Crippen LogP contribution in [0.3, 0.4) is 0 Å². The lowest BCUT2D eigenvalue weighted by Crippen LogP contribution is -2.32. The van der Waals surface area contributed by atoms with Gasteiger partial charge in [0.05, 0.1) is 24.4 Å². The number of epoxide rings is 2. The number of hydrogen-bond acceptors (Lipinski definition) is 2. The highest BCUT2D eigenvalue weighted by Gasteiger charge is 2.56. The van der Waals surface area contributed by atoms with Crippen molar-refractivity contribution in [3.63, 3.8) is 0 Å². The second kappa shape index (κ2) is 7.21. The molecular weight excluding hydrogens is 368 g/mol. The van der Waals surface area contributed by atoms with E-state index in [1.54, 1.807) is 0 Å². The van der Waals surface area contributed by atoms with Gasteiger partial charge in [0, 0.05) is 11.8 Å². The Hall–Kier alpha value is -2.16. The van der Waals surface area contributed by atoms with Crippen LogP contribution in [-0.2, 0) is 9.47 Å². The summed E-state index contributed by atoms with van der Waals surface area (Å²) in [6.45, 7) is 7.76.